The molecule has 0 radical (unpaired) electrons. The predicted octanol–water partition coefficient (Wildman–Crippen LogP) is 4.40. The highest BCUT2D eigenvalue weighted by atomic mass is 35.5. The third kappa shape index (κ3) is 3.68. The summed E-state index contributed by atoms with van der Waals surface area (Å²) in [6.07, 6.45) is 4.74. The summed E-state index contributed by atoms with van der Waals surface area (Å²) in [5, 5.41) is 0.991. The van der Waals surface area contributed by atoms with Gasteiger partial charge in [0.15, 0.2) is 0 Å². The number of likely N-dealkylation sites (tertiary alicyclic amines) is 2. The Hall–Kier alpha value is -1.56. The molecule has 2 saturated heterocycles. The molecule has 2 fully saturated rings. The minimum Gasteiger partial charge on any atom is -0.337 e. The van der Waals surface area contributed by atoms with Crippen molar-refractivity contribution >= 4 is 29.1 Å². The molecule has 2 aliphatic rings. The van der Waals surface area contributed by atoms with Crippen LogP contribution in [-0.2, 0) is 7.05 Å². The van der Waals surface area contributed by atoms with Gasteiger partial charge in [0.25, 0.3) is 5.91 Å². The summed E-state index contributed by atoms with van der Waals surface area (Å²) in [5.41, 5.74) is 2.25. The molecule has 150 valence electrons. The van der Waals surface area contributed by atoms with Gasteiger partial charge in [0, 0.05) is 31.7 Å². The second-order valence-corrected chi connectivity index (χ2v) is 8.64. The Bertz CT molecular complexity index is 881. The Labute approximate surface area is 176 Å². The van der Waals surface area contributed by atoms with E-state index in [9.17, 15) is 4.79 Å². The van der Waals surface area contributed by atoms with E-state index >= 15 is 0 Å². The number of rotatable bonds is 3. The predicted molar refractivity (Wildman–Crippen MR) is 113 cm³/mol. The number of aromatic nitrogens is 2. The molecule has 7 heteroatoms. The van der Waals surface area contributed by atoms with E-state index in [2.05, 4.69) is 9.88 Å². The fourth-order valence-electron chi connectivity index (χ4n) is 4.52. The third-order valence-corrected chi connectivity index (χ3v) is 6.80. The zero-order chi connectivity index (χ0) is 19.8. The van der Waals surface area contributed by atoms with E-state index in [0.29, 0.717) is 21.8 Å². The lowest BCUT2D eigenvalue weighted by Crippen LogP contribution is -2.46. The number of nitrogens with zero attached hydrogens (tertiary/aromatic N) is 4. The minimum absolute atomic E-state index is 0.0682. The van der Waals surface area contributed by atoms with Crippen molar-refractivity contribution < 1.29 is 4.79 Å². The van der Waals surface area contributed by atoms with Gasteiger partial charge in [-0.2, -0.15) is 0 Å². The first-order valence-corrected chi connectivity index (χ1v) is 10.7. The van der Waals surface area contributed by atoms with Crippen molar-refractivity contribution in [2.75, 3.05) is 26.2 Å². The van der Waals surface area contributed by atoms with E-state index < -0.39 is 0 Å². The number of amides is 1. The third-order valence-electron chi connectivity index (χ3n) is 6.06. The molecule has 0 unspecified atom stereocenters. The second-order valence-electron chi connectivity index (χ2n) is 7.82. The zero-order valence-electron chi connectivity index (χ0n) is 16.4. The van der Waals surface area contributed by atoms with Gasteiger partial charge in [-0.1, -0.05) is 23.2 Å². The maximum atomic E-state index is 13.2. The van der Waals surface area contributed by atoms with Crippen LogP contribution in [0.25, 0.3) is 11.4 Å². The van der Waals surface area contributed by atoms with Crippen LogP contribution in [0.3, 0.4) is 0 Å². The van der Waals surface area contributed by atoms with Crippen molar-refractivity contribution in [3.63, 3.8) is 0 Å². The molecule has 0 bridgehead atoms. The second kappa shape index (κ2) is 8.05. The average Bonchev–Trinajstić information content (AvgIpc) is 3.32. The number of hydrogen-bond acceptors (Lipinski definition) is 3. The topological polar surface area (TPSA) is 41.4 Å². The molecule has 0 spiro atoms. The van der Waals surface area contributed by atoms with Crippen LogP contribution in [0.1, 0.15) is 41.9 Å². The first-order valence-electron chi connectivity index (χ1n) is 9.97. The molecule has 3 heterocycles. The van der Waals surface area contributed by atoms with E-state index in [1.807, 2.05) is 29.5 Å². The van der Waals surface area contributed by atoms with Crippen molar-refractivity contribution in [1.82, 2.24) is 19.4 Å². The quantitative estimate of drug-likeness (QED) is 0.738. The number of benzene rings is 1. The number of aryl methyl sites for hydroxylation is 1. The molecule has 1 aromatic carbocycles. The van der Waals surface area contributed by atoms with Crippen LogP contribution < -0.4 is 0 Å². The Morgan fingerprint density at radius 2 is 1.75 bits per heavy atom. The normalized spacial score (nSPS) is 18.8. The Morgan fingerprint density at radius 3 is 2.39 bits per heavy atom. The SMILES string of the molecule is Cc1nc(-c2ccc(Cl)c(Cl)c2)n(C)c1C(=O)N1CCC(N2CCCC2)CC1. The van der Waals surface area contributed by atoms with Gasteiger partial charge in [-0.15, -0.1) is 0 Å². The summed E-state index contributed by atoms with van der Waals surface area (Å²) < 4.78 is 1.88. The van der Waals surface area contributed by atoms with E-state index in [1.165, 1.54) is 25.9 Å². The van der Waals surface area contributed by atoms with Crippen molar-refractivity contribution in [1.29, 1.82) is 0 Å². The summed E-state index contributed by atoms with van der Waals surface area (Å²) in [6, 6.07) is 6.06. The summed E-state index contributed by atoms with van der Waals surface area (Å²) in [4.78, 5) is 22.5. The fraction of sp³-hybridized carbons (Fsp3) is 0.524. The van der Waals surface area contributed by atoms with Crippen molar-refractivity contribution in [3.05, 3.63) is 39.6 Å². The standard InChI is InChI=1S/C21H26Cl2N4O/c1-14-19(25(2)20(24-14)15-5-6-17(22)18(23)13-15)21(28)27-11-7-16(8-12-27)26-9-3-4-10-26/h5-6,13,16H,3-4,7-12H2,1-2H3. The highest BCUT2D eigenvalue weighted by Gasteiger charge is 2.31. The lowest BCUT2D eigenvalue weighted by Gasteiger charge is -2.36. The van der Waals surface area contributed by atoms with Crippen LogP contribution in [0.15, 0.2) is 18.2 Å². The maximum absolute atomic E-state index is 13.2. The summed E-state index contributed by atoms with van der Waals surface area (Å²) >= 11 is 12.2. The van der Waals surface area contributed by atoms with Crippen LogP contribution in [-0.4, -0.2) is 57.5 Å². The average molecular weight is 421 g/mol. The molecule has 5 nitrogen and oxygen atoms in total. The molecule has 2 aromatic rings. The molecule has 1 amide bonds. The van der Waals surface area contributed by atoms with E-state index in [-0.39, 0.29) is 5.91 Å². The number of piperidine rings is 1. The number of imidazole rings is 1. The van der Waals surface area contributed by atoms with Crippen LogP contribution >= 0.6 is 23.2 Å². The van der Waals surface area contributed by atoms with Gasteiger partial charge in [-0.25, -0.2) is 4.98 Å². The number of carbonyl (C=O) groups is 1. The highest BCUT2D eigenvalue weighted by molar-refractivity contribution is 6.42. The first kappa shape index (κ1) is 19.7. The first-order chi connectivity index (χ1) is 13.5. The van der Waals surface area contributed by atoms with Crippen LogP contribution in [0.2, 0.25) is 10.0 Å². The van der Waals surface area contributed by atoms with Gasteiger partial charge < -0.3 is 14.4 Å². The maximum Gasteiger partial charge on any atom is 0.272 e. The molecule has 28 heavy (non-hydrogen) atoms. The van der Waals surface area contributed by atoms with Gasteiger partial charge in [0.1, 0.15) is 11.5 Å². The lowest BCUT2D eigenvalue weighted by molar-refractivity contribution is 0.0634. The van der Waals surface area contributed by atoms with Gasteiger partial charge >= 0.3 is 0 Å². The molecular formula is C21H26Cl2N4O. The van der Waals surface area contributed by atoms with Gasteiger partial charge in [-0.3, -0.25) is 4.79 Å². The molecule has 4 rings (SSSR count). The largest absolute Gasteiger partial charge is 0.337 e. The van der Waals surface area contributed by atoms with E-state index in [0.717, 1.165) is 43.0 Å². The van der Waals surface area contributed by atoms with Crippen LogP contribution in [0, 0.1) is 6.92 Å². The van der Waals surface area contributed by atoms with Crippen molar-refractivity contribution in [2.24, 2.45) is 7.05 Å². The Kier molecular flexibility index (Phi) is 5.68. The Balaban J connectivity index is 1.52. The van der Waals surface area contributed by atoms with Gasteiger partial charge in [-0.05, 0) is 63.9 Å². The summed E-state index contributed by atoms with van der Waals surface area (Å²) in [5.74, 6) is 0.796. The van der Waals surface area contributed by atoms with Crippen LogP contribution in [0.4, 0.5) is 0 Å². The molecular weight excluding hydrogens is 395 g/mol. The molecule has 1 aromatic heterocycles. The molecule has 2 aliphatic heterocycles. The number of hydrogen-bond donors (Lipinski definition) is 0. The minimum atomic E-state index is 0.0682. The van der Waals surface area contributed by atoms with Crippen molar-refractivity contribution in [2.45, 2.75) is 38.6 Å². The van der Waals surface area contributed by atoms with Gasteiger partial charge in [0.2, 0.25) is 0 Å². The zero-order valence-corrected chi connectivity index (χ0v) is 17.9. The molecule has 0 aliphatic carbocycles. The highest BCUT2D eigenvalue weighted by Crippen LogP contribution is 2.30. The molecule has 0 N–H and O–H groups in total. The van der Waals surface area contributed by atoms with E-state index in [4.69, 9.17) is 23.2 Å². The van der Waals surface area contributed by atoms with Crippen molar-refractivity contribution in [3.8, 4) is 11.4 Å². The van der Waals surface area contributed by atoms with E-state index in [1.54, 1.807) is 12.1 Å². The molecule has 0 atom stereocenters. The molecule has 0 saturated carbocycles. The number of carbonyl (C=O) groups excluding carboxylic acids is 1. The fourth-order valence-corrected chi connectivity index (χ4v) is 4.82. The van der Waals surface area contributed by atoms with Gasteiger partial charge in [0.05, 0.1) is 15.7 Å². The smallest absolute Gasteiger partial charge is 0.272 e. The lowest BCUT2D eigenvalue weighted by atomic mass is 10.0. The number of halogens is 2. The van der Waals surface area contributed by atoms with Crippen LogP contribution in [0.5, 0.6) is 0 Å². The monoisotopic (exact) mass is 420 g/mol. The summed E-state index contributed by atoms with van der Waals surface area (Å²) in [6.45, 7) is 5.95. The Morgan fingerprint density at radius 1 is 1.07 bits per heavy atom. The summed E-state index contributed by atoms with van der Waals surface area (Å²) in [7, 11) is 1.89.